The van der Waals surface area contributed by atoms with E-state index in [1.807, 2.05) is 0 Å². The average molecular weight is 183 g/mol. The van der Waals surface area contributed by atoms with Crippen LogP contribution in [-0.4, -0.2) is 24.8 Å². The second-order valence-corrected chi connectivity index (χ2v) is 4.64. The summed E-state index contributed by atoms with van der Waals surface area (Å²) in [7, 11) is 0. The lowest BCUT2D eigenvalue weighted by molar-refractivity contribution is -0.0173. The Hall–Kier alpha value is -0.0800. The first-order valence-corrected chi connectivity index (χ1v) is 5.63. The first-order chi connectivity index (χ1) is 6.26. The zero-order chi connectivity index (χ0) is 9.31. The molecule has 2 nitrogen and oxygen atoms in total. The van der Waals surface area contributed by atoms with Crippen LogP contribution in [0.3, 0.4) is 0 Å². The summed E-state index contributed by atoms with van der Waals surface area (Å²) in [6.07, 6.45) is 5.28. The maximum atomic E-state index is 5.89. The monoisotopic (exact) mass is 183 g/mol. The van der Waals surface area contributed by atoms with E-state index in [0.29, 0.717) is 6.04 Å². The van der Waals surface area contributed by atoms with Crippen LogP contribution in [0.1, 0.15) is 39.5 Å². The first kappa shape index (κ1) is 9.47. The summed E-state index contributed by atoms with van der Waals surface area (Å²) in [5.41, 5.74) is 0.136. The molecule has 1 saturated heterocycles. The maximum Gasteiger partial charge on any atom is 0.0810 e. The number of rotatable bonds is 4. The van der Waals surface area contributed by atoms with Gasteiger partial charge in [-0.15, -0.1) is 0 Å². The van der Waals surface area contributed by atoms with Crippen LogP contribution in [0.25, 0.3) is 0 Å². The minimum Gasteiger partial charge on any atom is -0.374 e. The van der Waals surface area contributed by atoms with Gasteiger partial charge in [0.25, 0.3) is 0 Å². The summed E-state index contributed by atoms with van der Waals surface area (Å²) in [5, 5.41) is 3.60. The smallest absolute Gasteiger partial charge is 0.0810 e. The Morgan fingerprint density at radius 1 is 1.54 bits per heavy atom. The first-order valence-electron chi connectivity index (χ1n) is 5.63. The molecule has 2 rings (SSSR count). The summed E-state index contributed by atoms with van der Waals surface area (Å²) < 4.78 is 5.89. The minimum atomic E-state index is 0.136. The van der Waals surface area contributed by atoms with Crippen molar-refractivity contribution in [3.8, 4) is 0 Å². The zero-order valence-corrected chi connectivity index (χ0v) is 8.81. The van der Waals surface area contributed by atoms with Gasteiger partial charge in [0.05, 0.1) is 5.60 Å². The second-order valence-electron chi connectivity index (χ2n) is 4.64. The molecule has 1 heterocycles. The van der Waals surface area contributed by atoms with Gasteiger partial charge >= 0.3 is 0 Å². The van der Waals surface area contributed by atoms with E-state index in [2.05, 4.69) is 19.2 Å². The second kappa shape index (κ2) is 3.58. The molecule has 1 aliphatic heterocycles. The Morgan fingerprint density at radius 3 is 2.77 bits per heavy atom. The summed E-state index contributed by atoms with van der Waals surface area (Å²) in [6, 6.07) is 0.611. The Labute approximate surface area is 81.0 Å². The fourth-order valence-electron chi connectivity index (χ4n) is 2.58. The molecule has 1 saturated carbocycles. The summed E-state index contributed by atoms with van der Waals surface area (Å²) >= 11 is 0. The number of nitrogens with one attached hydrogen (secondary N) is 1. The Morgan fingerprint density at radius 2 is 2.31 bits per heavy atom. The van der Waals surface area contributed by atoms with Crippen molar-refractivity contribution in [1.29, 1.82) is 0 Å². The topological polar surface area (TPSA) is 21.3 Å². The van der Waals surface area contributed by atoms with Crippen molar-refractivity contribution >= 4 is 0 Å². The number of likely N-dealkylation sites (N-methyl/N-ethyl adjacent to an activating group) is 1. The Balaban J connectivity index is 1.99. The normalized spacial score (nSPS) is 36.5. The fraction of sp³-hybridized carbons (Fsp3) is 1.00. The third-order valence-electron chi connectivity index (χ3n) is 3.42. The van der Waals surface area contributed by atoms with Crippen molar-refractivity contribution in [3.05, 3.63) is 0 Å². The van der Waals surface area contributed by atoms with Crippen molar-refractivity contribution in [2.75, 3.05) is 13.2 Å². The molecule has 0 bridgehead atoms. The molecular weight excluding hydrogens is 162 g/mol. The molecule has 2 heteroatoms. The van der Waals surface area contributed by atoms with Crippen LogP contribution >= 0.6 is 0 Å². The maximum absolute atomic E-state index is 5.89. The lowest BCUT2D eigenvalue weighted by Crippen LogP contribution is -2.49. The van der Waals surface area contributed by atoms with Gasteiger partial charge in [-0.3, -0.25) is 0 Å². The van der Waals surface area contributed by atoms with Gasteiger partial charge in [0, 0.05) is 12.6 Å². The molecule has 0 amide bonds. The lowest BCUT2D eigenvalue weighted by Gasteiger charge is -2.34. The highest BCUT2D eigenvalue weighted by molar-refractivity contribution is 5.00. The van der Waals surface area contributed by atoms with Gasteiger partial charge in [0.15, 0.2) is 0 Å². The minimum absolute atomic E-state index is 0.136. The summed E-state index contributed by atoms with van der Waals surface area (Å²) in [4.78, 5) is 0. The molecule has 0 spiro atoms. The lowest BCUT2D eigenvalue weighted by atomic mass is 9.89. The molecule has 2 aliphatic rings. The van der Waals surface area contributed by atoms with Crippen LogP contribution in [0.15, 0.2) is 0 Å². The van der Waals surface area contributed by atoms with Crippen molar-refractivity contribution in [3.63, 3.8) is 0 Å². The highest BCUT2D eigenvalue weighted by atomic mass is 16.5. The van der Waals surface area contributed by atoms with Gasteiger partial charge in [0.2, 0.25) is 0 Å². The van der Waals surface area contributed by atoms with Crippen LogP contribution in [0, 0.1) is 5.92 Å². The van der Waals surface area contributed by atoms with Crippen LogP contribution in [0.4, 0.5) is 0 Å². The van der Waals surface area contributed by atoms with Gasteiger partial charge in [-0.1, -0.05) is 6.92 Å². The highest BCUT2D eigenvalue weighted by Gasteiger charge is 2.45. The third kappa shape index (κ3) is 1.89. The molecule has 0 aromatic carbocycles. The van der Waals surface area contributed by atoms with E-state index >= 15 is 0 Å². The Bertz CT molecular complexity index is 171. The highest BCUT2D eigenvalue weighted by Crippen LogP contribution is 2.42. The van der Waals surface area contributed by atoms with Crippen molar-refractivity contribution in [2.24, 2.45) is 5.92 Å². The van der Waals surface area contributed by atoms with Crippen molar-refractivity contribution in [1.82, 2.24) is 5.32 Å². The number of hydrogen-bond donors (Lipinski definition) is 1. The molecule has 0 aromatic heterocycles. The fourth-order valence-corrected chi connectivity index (χ4v) is 2.58. The zero-order valence-electron chi connectivity index (χ0n) is 8.81. The molecule has 2 atom stereocenters. The third-order valence-corrected chi connectivity index (χ3v) is 3.42. The standard InChI is InChI=1S/C11H21NO/c1-3-12-10(9-5-6-9)11(2)7-4-8-13-11/h9-10,12H,3-8H2,1-2H3. The molecule has 1 aliphatic carbocycles. The van der Waals surface area contributed by atoms with Crippen molar-refractivity contribution < 1.29 is 4.74 Å². The van der Waals surface area contributed by atoms with Crippen LogP contribution in [-0.2, 0) is 4.74 Å². The molecule has 2 unspecified atom stereocenters. The van der Waals surface area contributed by atoms with Crippen LogP contribution < -0.4 is 5.32 Å². The average Bonchev–Trinajstić information content (AvgIpc) is 2.85. The van der Waals surface area contributed by atoms with Gasteiger partial charge in [0.1, 0.15) is 0 Å². The van der Waals surface area contributed by atoms with Gasteiger partial charge in [-0.2, -0.15) is 0 Å². The SMILES string of the molecule is CCNC(C1CC1)C1(C)CCCO1. The molecule has 0 radical (unpaired) electrons. The summed E-state index contributed by atoms with van der Waals surface area (Å²) in [6.45, 7) is 6.50. The molecular formula is C11H21NO. The molecule has 0 aromatic rings. The number of ether oxygens (including phenoxy) is 1. The Kier molecular flexibility index (Phi) is 2.61. The predicted octanol–water partition coefficient (Wildman–Crippen LogP) is 1.94. The predicted molar refractivity (Wildman–Crippen MR) is 53.8 cm³/mol. The van der Waals surface area contributed by atoms with E-state index in [0.717, 1.165) is 19.1 Å². The van der Waals surface area contributed by atoms with E-state index in [9.17, 15) is 0 Å². The van der Waals surface area contributed by atoms with E-state index < -0.39 is 0 Å². The van der Waals surface area contributed by atoms with E-state index in [-0.39, 0.29) is 5.60 Å². The van der Waals surface area contributed by atoms with Gasteiger partial charge in [-0.05, 0) is 45.1 Å². The summed E-state index contributed by atoms with van der Waals surface area (Å²) in [5.74, 6) is 0.892. The quantitative estimate of drug-likeness (QED) is 0.719. The van der Waals surface area contributed by atoms with E-state index in [4.69, 9.17) is 4.74 Å². The van der Waals surface area contributed by atoms with Crippen molar-refractivity contribution in [2.45, 2.75) is 51.2 Å². The van der Waals surface area contributed by atoms with Gasteiger partial charge < -0.3 is 10.1 Å². The van der Waals surface area contributed by atoms with E-state index in [1.165, 1.54) is 25.7 Å². The molecule has 13 heavy (non-hydrogen) atoms. The molecule has 76 valence electrons. The molecule has 1 N–H and O–H groups in total. The van der Waals surface area contributed by atoms with Crippen LogP contribution in [0.2, 0.25) is 0 Å². The number of hydrogen-bond acceptors (Lipinski definition) is 2. The van der Waals surface area contributed by atoms with Gasteiger partial charge in [-0.25, -0.2) is 0 Å². The largest absolute Gasteiger partial charge is 0.374 e. The molecule has 2 fully saturated rings. The van der Waals surface area contributed by atoms with Crippen LogP contribution in [0.5, 0.6) is 0 Å². The van der Waals surface area contributed by atoms with E-state index in [1.54, 1.807) is 0 Å².